The topological polar surface area (TPSA) is 83.5 Å². The number of sulfonamides is 1. The molecule has 2 N–H and O–H groups in total. The van der Waals surface area contributed by atoms with Gasteiger partial charge in [-0.2, -0.15) is 0 Å². The third kappa shape index (κ3) is 3.91. The van der Waals surface area contributed by atoms with Gasteiger partial charge in [-0.1, -0.05) is 31.9 Å². The zero-order valence-electron chi connectivity index (χ0n) is 11.0. The van der Waals surface area contributed by atoms with E-state index in [1.165, 1.54) is 0 Å². The number of aromatic carboxylic acids is 1. The minimum atomic E-state index is -4.15. The number of nitrogens with one attached hydrogen (secondary N) is 1. The standard InChI is InChI=1S/C12H15ClFNO4S/c1-3-7(2)6-15-20(18,19)10-5-8(13)4-9(11(10)14)12(16)17/h4-5,7,15H,3,6H2,1-2H3,(H,16,17). The van der Waals surface area contributed by atoms with Gasteiger partial charge in [-0.25, -0.2) is 22.3 Å². The van der Waals surface area contributed by atoms with E-state index in [-0.39, 0.29) is 17.5 Å². The minimum Gasteiger partial charge on any atom is -0.478 e. The van der Waals surface area contributed by atoms with Crippen LogP contribution in [0.4, 0.5) is 4.39 Å². The van der Waals surface area contributed by atoms with E-state index in [1.807, 2.05) is 13.8 Å². The number of carbonyl (C=O) groups is 1. The van der Waals surface area contributed by atoms with Gasteiger partial charge in [0.15, 0.2) is 5.82 Å². The fourth-order valence-electron chi connectivity index (χ4n) is 1.39. The molecule has 1 aromatic rings. The van der Waals surface area contributed by atoms with Crippen molar-refractivity contribution in [1.29, 1.82) is 0 Å². The normalized spacial score (nSPS) is 13.2. The molecule has 20 heavy (non-hydrogen) atoms. The van der Waals surface area contributed by atoms with E-state index >= 15 is 0 Å². The number of benzene rings is 1. The second-order valence-electron chi connectivity index (χ2n) is 4.44. The molecule has 8 heteroatoms. The third-order valence-corrected chi connectivity index (χ3v) is 4.48. The Morgan fingerprint density at radius 1 is 1.50 bits per heavy atom. The first-order chi connectivity index (χ1) is 9.19. The predicted octanol–water partition coefficient (Wildman–Crippen LogP) is 2.50. The van der Waals surface area contributed by atoms with Crippen LogP contribution < -0.4 is 4.72 Å². The summed E-state index contributed by atoms with van der Waals surface area (Å²) >= 11 is 5.64. The zero-order chi connectivity index (χ0) is 15.5. The van der Waals surface area contributed by atoms with Gasteiger partial charge in [0.2, 0.25) is 10.0 Å². The van der Waals surface area contributed by atoms with E-state index in [2.05, 4.69) is 4.72 Å². The Kier molecular flexibility index (Phi) is 5.50. The summed E-state index contributed by atoms with van der Waals surface area (Å²) in [4.78, 5) is 10.1. The van der Waals surface area contributed by atoms with Gasteiger partial charge in [-0.3, -0.25) is 0 Å². The maximum atomic E-state index is 13.9. The van der Waals surface area contributed by atoms with Gasteiger partial charge >= 0.3 is 5.97 Å². The molecule has 0 saturated heterocycles. The average molecular weight is 324 g/mol. The molecule has 1 atom stereocenters. The van der Waals surface area contributed by atoms with E-state index in [9.17, 15) is 17.6 Å². The Hall–Kier alpha value is -1.18. The lowest BCUT2D eigenvalue weighted by Gasteiger charge is -2.12. The number of carboxylic acids is 1. The van der Waals surface area contributed by atoms with E-state index < -0.39 is 32.3 Å². The van der Waals surface area contributed by atoms with Crippen LogP contribution in [0.1, 0.15) is 30.6 Å². The Balaban J connectivity index is 3.21. The molecule has 0 radical (unpaired) electrons. The summed E-state index contributed by atoms with van der Waals surface area (Å²) in [7, 11) is -4.15. The first kappa shape index (κ1) is 16.9. The van der Waals surface area contributed by atoms with Crippen LogP contribution in [0.25, 0.3) is 0 Å². The number of hydrogen-bond donors (Lipinski definition) is 2. The van der Waals surface area contributed by atoms with Crippen molar-refractivity contribution in [3.8, 4) is 0 Å². The van der Waals surface area contributed by atoms with Gasteiger partial charge in [-0.15, -0.1) is 0 Å². The third-order valence-electron chi connectivity index (χ3n) is 2.84. The maximum Gasteiger partial charge on any atom is 0.338 e. The number of hydrogen-bond acceptors (Lipinski definition) is 3. The smallest absolute Gasteiger partial charge is 0.338 e. The molecule has 112 valence electrons. The number of rotatable bonds is 6. The largest absolute Gasteiger partial charge is 0.478 e. The van der Waals surface area contributed by atoms with Gasteiger partial charge in [0, 0.05) is 11.6 Å². The quantitative estimate of drug-likeness (QED) is 0.842. The molecule has 0 aliphatic carbocycles. The van der Waals surface area contributed by atoms with Crippen molar-refractivity contribution in [1.82, 2.24) is 4.72 Å². The van der Waals surface area contributed by atoms with E-state index in [1.54, 1.807) is 0 Å². The summed E-state index contributed by atoms with van der Waals surface area (Å²) < 4.78 is 40.2. The monoisotopic (exact) mass is 323 g/mol. The van der Waals surface area contributed by atoms with Crippen LogP contribution in [0.3, 0.4) is 0 Å². The van der Waals surface area contributed by atoms with Crippen LogP contribution in [0.15, 0.2) is 17.0 Å². The highest BCUT2D eigenvalue weighted by Crippen LogP contribution is 2.24. The van der Waals surface area contributed by atoms with Crippen LogP contribution in [0.2, 0.25) is 5.02 Å². The van der Waals surface area contributed by atoms with Crippen molar-refractivity contribution in [2.45, 2.75) is 25.2 Å². The van der Waals surface area contributed by atoms with Crippen molar-refractivity contribution in [2.24, 2.45) is 5.92 Å². The Morgan fingerprint density at radius 3 is 2.60 bits per heavy atom. The summed E-state index contributed by atoms with van der Waals surface area (Å²) in [5.74, 6) is -2.83. The first-order valence-electron chi connectivity index (χ1n) is 5.91. The van der Waals surface area contributed by atoms with Gasteiger partial charge in [0.05, 0.1) is 5.56 Å². The van der Waals surface area contributed by atoms with Crippen LogP contribution >= 0.6 is 11.6 Å². The Labute approximate surface area is 121 Å². The molecular weight excluding hydrogens is 309 g/mol. The van der Waals surface area contributed by atoms with E-state index in [0.717, 1.165) is 18.6 Å². The highest BCUT2D eigenvalue weighted by molar-refractivity contribution is 7.89. The molecule has 0 aliphatic heterocycles. The lowest BCUT2D eigenvalue weighted by molar-refractivity contribution is 0.0691. The average Bonchev–Trinajstić information content (AvgIpc) is 2.37. The predicted molar refractivity (Wildman–Crippen MR) is 73.0 cm³/mol. The lowest BCUT2D eigenvalue weighted by Crippen LogP contribution is -2.29. The van der Waals surface area contributed by atoms with E-state index in [0.29, 0.717) is 0 Å². The molecule has 0 aliphatic rings. The van der Waals surface area contributed by atoms with E-state index in [4.69, 9.17) is 16.7 Å². The summed E-state index contributed by atoms with van der Waals surface area (Å²) in [6.45, 7) is 3.86. The molecule has 5 nitrogen and oxygen atoms in total. The van der Waals surface area contributed by atoms with Crippen molar-refractivity contribution >= 4 is 27.6 Å². The fourth-order valence-corrected chi connectivity index (χ4v) is 2.96. The number of carboxylic acid groups (broad SMARTS) is 1. The highest BCUT2D eigenvalue weighted by Gasteiger charge is 2.25. The molecule has 0 heterocycles. The highest BCUT2D eigenvalue weighted by atomic mass is 35.5. The van der Waals surface area contributed by atoms with Crippen molar-refractivity contribution in [3.63, 3.8) is 0 Å². The molecule has 0 bridgehead atoms. The Morgan fingerprint density at radius 2 is 2.10 bits per heavy atom. The molecule has 0 spiro atoms. The second-order valence-corrected chi connectivity index (χ2v) is 6.61. The Bertz CT molecular complexity index is 618. The van der Waals surface area contributed by atoms with Crippen LogP contribution in [0.5, 0.6) is 0 Å². The lowest BCUT2D eigenvalue weighted by atomic mass is 10.1. The zero-order valence-corrected chi connectivity index (χ0v) is 12.6. The molecule has 0 fully saturated rings. The first-order valence-corrected chi connectivity index (χ1v) is 7.77. The molecule has 0 saturated carbocycles. The van der Waals surface area contributed by atoms with Crippen molar-refractivity contribution in [2.75, 3.05) is 6.54 Å². The van der Waals surface area contributed by atoms with Gasteiger partial charge in [0.1, 0.15) is 4.90 Å². The molecule has 1 aromatic carbocycles. The fraction of sp³-hybridized carbons (Fsp3) is 0.417. The molecular formula is C12H15ClFNO4S. The van der Waals surface area contributed by atoms with Gasteiger partial charge < -0.3 is 5.11 Å². The number of halogens is 2. The SMILES string of the molecule is CCC(C)CNS(=O)(=O)c1cc(Cl)cc(C(=O)O)c1F. The second kappa shape index (κ2) is 6.51. The molecule has 0 amide bonds. The summed E-state index contributed by atoms with van der Waals surface area (Å²) in [5.41, 5.74) is -0.776. The molecule has 1 rings (SSSR count). The maximum absolute atomic E-state index is 13.9. The summed E-state index contributed by atoms with van der Waals surface area (Å²) in [6, 6.07) is 1.76. The van der Waals surface area contributed by atoms with Crippen LogP contribution in [0, 0.1) is 11.7 Å². The van der Waals surface area contributed by atoms with Gasteiger partial charge in [-0.05, 0) is 18.1 Å². The molecule has 1 unspecified atom stereocenters. The van der Waals surface area contributed by atoms with Crippen LogP contribution in [-0.4, -0.2) is 26.0 Å². The van der Waals surface area contributed by atoms with Crippen molar-refractivity contribution in [3.05, 3.63) is 28.5 Å². The molecule has 0 aromatic heterocycles. The van der Waals surface area contributed by atoms with Gasteiger partial charge in [0.25, 0.3) is 0 Å². The summed E-state index contributed by atoms with van der Waals surface area (Å²) in [6.07, 6.45) is 0.751. The minimum absolute atomic E-state index is 0.0750. The summed E-state index contributed by atoms with van der Waals surface area (Å²) in [5, 5.41) is 8.66. The van der Waals surface area contributed by atoms with Crippen molar-refractivity contribution < 1.29 is 22.7 Å². The van der Waals surface area contributed by atoms with Crippen LogP contribution in [-0.2, 0) is 10.0 Å².